The lowest BCUT2D eigenvalue weighted by molar-refractivity contribution is 0.372. The Balaban J connectivity index is 0.00000127. The number of aromatic hydroxyl groups is 2. The van der Waals surface area contributed by atoms with Crippen LogP contribution in [0.5, 0.6) is 11.5 Å². The van der Waals surface area contributed by atoms with Gasteiger partial charge in [0.15, 0.2) is 11.5 Å². The van der Waals surface area contributed by atoms with Crippen molar-refractivity contribution in [1.82, 2.24) is 0 Å². The summed E-state index contributed by atoms with van der Waals surface area (Å²) in [7, 11) is 0. The molecule has 0 bridgehead atoms. The first-order chi connectivity index (χ1) is 10.7. The molecule has 23 heavy (non-hydrogen) atoms. The second-order valence-electron chi connectivity index (χ2n) is 6.27. The minimum Gasteiger partial charge on any atom is -0.504 e. The summed E-state index contributed by atoms with van der Waals surface area (Å²) in [6, 6.07) is 9.76. The molecule has 2 aromatic rings. The van der Waals surface area contributed by atoms with E-state index >= 15 is 0 Å². The zero-order chi connectivity index (χ0) is 17.8. The molecule has 0 aliphatic heterocycles. The molecule has 0 amide bonds. The Morgan fingerprint density at radius 1 is 0.957 bits per heavy atom. The lowest BCUT2D eigenvalue weighted by Gasteiger charge is -2.30. The SMILES string of the molecule is CC.CC(C)C(C)(C)c1ccc(-c2cc(F)cc(O)c2O)cc1. The average molecular weight is 318 g/mol. The Labute approximate surface area is 138 Å². The number of rotatable bonds is 3. The van der Waals surface area contributed by atoms with Gasteiger partial charge in [-0.05, 0) is 28.5 Å². The van der Waals surface area contributed by atoms with Crippen molar-refractivity contribution >= 4 is 0 Å². The number of benzene rings is 2. The number of phenols is 2. The van der Waals surface area contributed by atoms with Crippen LogP contribution < -0.4 is 0 Å². The largest absolute Gasteiger partial charge is 0.504 e. The summed E-state index contributed by atoms with van der Waals surface area (Å²) < 4.78 is 13.4. The van der Waals surface area contributed by atoms with E-state index in [-0.39, 0.29) is 11.2 Å². The van der Waals surface area contributed by atoms with Gasteiger partial charge in [0.1, 0.15) is 5.82 Å². The maximum atomic E-state index is 13.4. The molecule has 0 aromatic heterocycles. The monoisotopic (exact) mass is 318 g/mol. The molecule has 2 nitrogen and oxygen atoms in total. The van der Waals surface area contributed by atoms with Crippen molar-refractivity contribution < 1.29 is 14.6 Å². The van der Waals surface area contributed by atoms with Crippen molar-refractivity contribution in [3.63, 3.8) is 0 Å². The standard InChI is InChI=1S/C18H21FO2.C2H6/c1-11(2)18(3,4)13-7-5-12(6-8-13)15-9-14(19)10-16(20)17(15)21;1-2/h5-11,20-21H,1-4H3;1-2H3. The van der Waals surface area contributed by atoms with Gasteiger partial charge in [-0.1, -0.05) is 65.8 Å². The van der Waals surface area contributed by atoms with Gasteiger partial charge in [0.05, 0.1) is 0 Å². The minimum atomic E-state index is -0.577. The zero-order valence-corrected chi connectivity index (χ0v) is 14.8. The van der Waals surface area contributed by atoms with Gasteiger partial charge in [0.2, 0.25) is 0 Å². The van der Waals surface area contributed by atoms with Gasteiger partial charge in [0.25, 0.3) is 0 Å². The van der Waals surface area contributed by atoms with Crippen LogP contribution in [-0.4, -0.2) is 10.2 Å². The molecule has 0 saturated carbocycles. The van der Waals surface area contributed by atoms with Crippen LogP contribution in [0.2, 0.25) is 0 Å². The van der Waals surface area contributed by atoms with Gasteiger partial charge in [-0.25, -0.2) is 4.39 Å². The molecule has 0 unspecified atom stereocenters. The predicted octanol–water partition coefficient (Wildman–Crippen LogP) is 5.86. The molecule has 126 valence electrons. The second kappa shape index (κ2) is 7.49. The van der Waals surface area contributed by atoms with Crippen molar-refractivity contribution in [1.29, 1.82) is 0 Å². The minimum absolute atomic E-state index is 0.0324. The van der Waals surface area contributed by atoms with E-state index < -0.39 is 11.6 Å². The van der Waals surface area contributed by atoms with Gasteiger partial charge >= 0.3 is 0 Å². The van der Waals surface area contributed by atoms with Crippen molar-refractivity contribution in [2.24, 2.45) is 5.92 Å². The summed E-state index contributed by atoms with van der Waals surface area (Å²) in [6.45, 7) is 12.7. The molecule has 2 N–H and O–H groups in total. The molecular formula is C20H27FO2. The summed E-state index contributed by atoms with van der Waals surface area (Å²) in [5.74, 6) is -0.842. The molecule has 0 fully saturated rings. The van der Waals surface area contributed by atoms with E-state index in [9.17, 15) is 14.6 Å². The van der Waals surface area contributed by atoms with Crippen LogP contribution in [0.1, 0.15) is 47.1 Å². The average Bonchev–Trinajstić information content (AvgIpc) is 2.52. The van der Waals surface area contributed by atoms with E-state index in [4.69, 9.17) is 0 Å². The van der Waals surface area contributed by atoms with Gasteiger partial charge < -0.3 is 10.2 Å². The maximum absolute atomic E-state index is 13.4. The zero-order valence-electron chi connectivity index (χ0n) is 14.8. The van der Waals surface area contributed by atoms with E-state index in [0.717, 1.165) is 6.07 Å². The Hall–Kier alpha value is -2.03. The Morgan fingerprint density at radius 2 is 1.48 bits per heavy atom. The Bertz CT molecular complexity index is 643. The third kappa shape index (κ3) is 4.04. The first-order valence-electron chi connectivity index (χ1n) is 8.06. The molecule has 0 spiro atoms. The molecule has 0 radical (unpaired) electrons. The highest BCUT2D eigenvalue weighted by Crippen LogP contribution is 2.38. The third-order valence-corrected chi connectivity index (χ3v) is 4.44. The lowest BCUT2D eigenvalue weighted by atomic mass is 9.75. The quantitative estimate of drug-likeness (QED) is 0.695. The fraction of sp³-hybridized carbons (Fsp3) is 0.400. The highest BCUT2D eigenvalue weighted by atomic mass is 19.1. The summed E-state index contributed by atoms with van der Waals surface area (Å²) in [5.41, 5.74) is 2.18. The number of halogens is 1. The van der Waals surface area contributed by atoms with Crippen LogP contribution in [0.15, 0.2) is 36.4 Å². The summed E-state index contributed by atoms with van der Waals surface area (Å²) in [5, 5.41) is 19.4. The van der Waals surface area contributed by atoms with Crippen LogP contribution in [-0.2, 0) is 5.41 Å². The fourth-order valence-electron chi connectivity index (χ4n) is 2.22. The van der Waals surface area contributed by atoms with Crippen molar-refractivity contribution in [2.75, 3.05) is 0 Å². The van der Waals surface area contributed by atoms with Gasteiger partial charge in [-0.15, -0.1) is 0 Å². The fourth-order valence-corrected chi connectivity index (χ4v) is 2.22. The predicted molar refractivity (Wildman–Crippen MR) is 94.4 cm³/mol. The van der Waals surface area contributed by atoms with E-state index in [0.29, 0.717) is 17.0 Å². The van der Waals surface area contributed by atoms with E-state index in [2.05, 4.69) is 27.7 Å². The van der Waals surface area contributed by atoms with Gasteiger partial charge in [-0.2, -0.15) is 0 Å². The number of hydrogen-bond donors (Lipinski definition) is 2. The second-order valence-corrected chi connectivity index (χ2v) is 6.27. The lowest BCUT2D eigenvalue weighted by Crippen LogP contribution is -2.24. The topological polar surface area (TPSA) is 40.5 Å². The van der Waals surface area contributed by atoms with Crippen LogP contribution >= 0.6 is 0 Å². The first kappa shape index (κ1) is 19.0. The van der Waals surface area contributed by atoms with Crippen molar-refractivity contribution in [2.45, 2.75) is 47.0 Å². The van der Waals surface area contributed by atoms with Gasteiger partial charge in [0, 0.05) is 11.6 Å². The van der Waals surface area contributed by atoms with Crippen LogP contribution in [0, 0.1) is 11.7 Å². The molecule has 0 saturated heterocycles. The highest BCUT2D eigenvalue weighted by Gasteiger charge is 2.24. The molecule has 0 atom stereocenters. The number of hydrogen-bond acceptors (Lipinski definition) is 2. The molecule has 0 aliphatic carbocycles. The van der Waals surface area contributed by atoms with Crippen LogP contribution in [0.3, 0.4) is 0 Å². The maximum Gasteiger partial charge on any atom is 0.165 e. The molecule has 0 heterocycles. The molecule has 2 rings (SSSR count). The summed E-state index contributed by atoms with van der Waals surface area (Å²) in [6.07, 6.45) is 0. The molecule has 0 aliphatic rings. The number of phenolic OH excluding ortho intramolecular Hbond substituents is 2. The van der Waals surface area contributed by atoms with E-state index in [1.807, 2.05) is 38.1 Å². The normalized spacial score (nSPS) is 11.1. The van der Waals surface area contributed by atoms with E-state index in [1.54, 1.807) is 0 Å². The van der Waals surface area contributed by atoms with Crippen LogP contribution in [0.4, 0.5) is 4.39 Å². The van der Waals surface area contributed by atoms with E-state index in [1.165, 1.54) is 11.6 Å². The smallest absolute Gasteiger partial charge is 0.165 e. The molecule has 2 aromatic carbocycles. The van der Waals surface area contributed by atoms with Gasteiger partial charge in [-0.3, -0.25) is 0 Å². The third-order valence-electron chi connectivity index (χ3n) is 4.44. The van der Waals surface area contributed by atoms with Crippen LogP contribution in [0.25, 0.3) is 11.1 Å². The summed E-state index contributed by atoms with van der Waals surface area (Å²) in [4.78, 5) is 0. The molecular weight excluding hydrogens is 291 g/mol. The highest BCUT2D eigenvalue weighted by molar-refractivity contribution is 5.73. The van der Waals surface area contributed by atoms with Crippen molar-refractivity contribution in [3.05, 3.63) is 47.8 Å². The van der Waals surface area contributed by atoms with Crippen molar-refractivity contribution in [3.8, 4) is 22.6 Å². The Morgan fingerprint density at radius 3 is 1.96 bits per heavy atom. The first-order valence-corrected chi connectivity index (χ1v) is 8.06. The Kier molecular flexibility index (Phi) is 6.20. The summed E-state index contributed by atoms with van der Waals surface area (Å²) >= 11 is 0. The molecule has 3 heteroatoms.